The van der Waals surface area contributed by atoms with Gasteiger partial charge in [-0.15, -0.1) is 4.52 Å². The number of hydrogen-bond donors (Lipinski definition) is 6. The number of anilines is 2. The van der Waals surface area contributed by atoms with Gasteiger partial charge < -0.3 is 40.0 Å². The lowest BCUT2D eigenvalue weighted by Gasteiger charge is -2.26. The molecule has 2 unspecified atom stereocenters. The number of fused-ring (bicyclic) bond motifs is 2. The van der Waals surface area contributed by atoms with Gasteiger partial charge in [0.05, 0.1) is 24.9 Å². The van der Waals surface area contributed by atoms with E-state index in [1.165, 1.54) is 17.1 Å². The molecule has 0 saturated carbocycles. The standard InChI is InChI=1S/C21H23F2N9O9P2S2/c22-10-8(3-33)38-20(32-6-28-12-17(32)29-21(25)30-18(12)34)14(10)41-43(36,45)37-4-9-13(40-42(35)44)11(23)19(39-9)31-2-1-7-15(24)26-5-27-16(7)31/h1-2,5-6,8-11,13-14,19-20,33H,3-4H2,(H6-,24,25,26,27,29,30,34,35,36,44,45)/p+1/t8-,9-,10-,11+,13-,14-,19-,20-,43?/m1/s1. The monoisotopic (exact) mass is 710 g/mol. The first-order valence-corrected chi connectivity index (χ1v) is 17.8. The van der Waals surface area contributed by atoms with E-state index in [2.05, 4.69) is 37.2 Å². The van der Waals surface area contributed by atoms with Crippen molar-refractivity contribution in [2.45, 2.75) is 49.2 Å². The van der Waals surface area contributed by atoms with Crippen LogP contribution in [0.1, 0.15) is 12.5 Å². The molecule has 6 heterocycles. The fourth-order valence-corrected chi connectivity index (χ4v) is 7.33. The average molecular weight is 711 g/mol. The van der Waals surface area contributed by atoms with Crippen LogP contribution in [-0.2, 0) is 39.4 Å². The van der Waals surface area contributed by atoms with Crippen molar-refractivity contribution in [3.05, 3.63) is 35.3 Å². The maximum atomic E-state index is 15.7. The lowest BCUT2D eigenvalue weighted by Crippen LogP contribution is -2.34. The Kier molecular flexibility index (Phi) is 8.91. The van der Waals surface area contributed by atoms with Crippen LogP contribution in [0.15, 0.2) is 29.7 Å². The summed E-state index contributed by atoms with van der Waals surface area (Å²) in [5.41, 5.74) is 10.8. The SMILES string of the molecule is Nc1nc2c(ncn2[C@@H]2O[C@H](CO)[C@@H](F)[C@H]2OP(O)(=S)OC[C@H]2O[C@@H](n3ccc4c(N)ncnc43)[C@@H](F)[C@@H]2O[P+](=O)S)c(=O)[nH]1. The summed E-state index contributed by atoms with van der Waals surface area (Å²) in [6, 6.07) is 1.55. The predicted octanol–water partition coefficient (Wildman–Crippen LogP) is 0.783. The minimum absolute atomic E-state index is 0.0994. The zero-order valence-corrected chi connectivity index (χ0v) is 25.9. The van der Waals surface area contributed by atoms with Crippen LogP contribution in [0.3, 0.4) is 0 Å². The first-order chi connectivity index (χ1) is 21.4. The number of nitrogen functional groups attached to an aromatic ring is 2. The number of nitrogens with one attached hydrogen (secondary N) is 1. The Hall–Kier alpha value is -2.75. The van der Waals surface area contributed by atoms with Crippen molar-refractivity contribution in [2.75, 3.05) is 24.7 Å². The Morgan fingerprint density at radius 2 is 1.89 bits per heavy atom. The number of aromatic amines is 1. The van der Waals surface area contributed by atoms with Gasteiger partial charge in [0.25, 0.3) is 5.56 Å². The Bertz CT molecular complexity index is 1870. The zero-order valence-electron chi connectivity index (χ0n) is 22.4. The third kappa shape index (κ3) is 6.08. The largest absolute Gasteiger partial charge is 0.582 e. The summed E-state index contributed by atoms with van der Waals surface area (Å²) in [6.45, 7) is -5.85. The molecule has 0 bridgehead atoms. The van der Waals surface area contributed by atoms with Crippen molar-refractivity contribution < 1.29 is 46.4 Å². The molecule has 4 aromatic rings. The van der Waals surface area contributed by atoms with Gasteiger partial charge in [0.2, 0.25) is 5.95 Å². The summed E-state index contributed by atoms with van der Waals surface area (Å²) < 4.78 is 73.0. The fraction of sp³-hybridized carbons (Fsp3) is 0.476. The number of rotatable bonds is 10. The van der Waals surface area contributed by atoms with Crippen LogP contribution in [-0.4, -0.2) is 94.0 Å². The third-order valence-corrected chi connectivity index (χ3v) is 9.39. The lowest BCUT2D eigenvalue weighted by atomic mass is 10.1. The number of nitrogens with two attached hydrogens (primary N) is 2. The van der Waals surface area contributed by atoms with Crippen molar-refractivity contribution in [3.63, 3.8) is 0 Å². The summed E-state index contributed by atoms with van der Waals surface area (Å²) in [6.07, 6.45) is -9.06. The van der Waals surface area contributed by atoms with Crippen LogP contribution in [0.4, 0.5) is 20.5 Å². The van der Waals surface area contributed by atoms with E-state index in [1.807, 2.05) is 0 Å². The van der Waals surface area contributed by atoms with Crippen LogP contribution in [0.2, 0.25) is 0 Å². The van der Waals surface area contributed by atoms with Gasteiger partial charge in [-0.2, -0.15) is 4.98 Å². The number of hydrogen-bond acceptors (Lipinski definition) is 15. The van der Waals surface area contributed by atoms with E-state index in [9.17, 15) is 19.4 Å². The molecular weight excluding hydrogens is 686 g/mol. The van der Waals surface area contributed by atoms with E-state index in [0.29, 0.717) is 5.39 Å². The highest BCUT2D eigenvalue weighted by Crippen LogP contribution is 2.51. The number of H-pyrrole nitrogens is 1. The van der Waals surface area contributed by atoms with Crippen molar-refractivity contribution in [1.29, 1.82) is 0 Å². The molecule has 6 rings (SSSR count). The molecular formula is C21H24F2N9O9P2S2+. The number of thiol groups is 1. The number of imidazole rings is 1. The first kappa shape index (κ1) is 32.2. The average Bonchev–Trinajstić information content (AvgIpc) is 3.73. The second-order valence-electron chi connectivity index (χ2n) is 9.84. The number of nitrogens with zero attached hydrogens (tertiary/aromatic N) is 6. The smallest absolute Gasteiger partial charge is 0.394 e. The highest BCUT2D eigenvalue weighted by Gasteiger charge is 2.53. The molecule has 10 atom stereocenters. The molecule has 45 heavy (non-hydrogen) atoms. The second-order valence-corrected chi connectivity index (χ2v) is 14.3. The highest BCUT2D eigenvalue weighted by molar-refractivity contribution is 8.39. The quantitative estimate of drug-likeness (QED) is 0.0983. The number of ether oxygens (including phenoxy) is 2. The van der Waals surface area contributed by atoms with Crippen LogP contribution >= 0.6 is 26.2 Å². The molecule has 2 aliphatic heterocycles. The van der Waals surface area contributed by atoms with Gasteiger partial charge >= 0.3 is 13.9 Å². The molecule has 0 radical (unpaired) electrons. The number of aliphatic hydroxyl groups excluding tert-OH is 1. The molecule has 18 nitrogen and oxygen atoms in total. The van der Waals surface area contributed by atoms with Crippen LogP contribution < -0.4 is 17.0 Å². The second kappa shape index (κ2) is 12.5. The summed E-state index contributed by atoms with van der Waals surface area (Å²) in [4.78, 5) is 41.4. The van der Waals surface area contributed by atoms with Gasteiger partial charge in [0.1, 0.15) is 48.4 Å². The van der Waals surface area contributed by atoms with Crippen LogP contribution in [0.25, 0.3) is 22.2 Å². The molecule has 0 spiro atoms. The van der Waals surface area contributed by atoms with E-state index in [4.69, 9.17) is 46.3 Å². The van der Waals surface area contributed by atoms with Gasteiger partial charge in [-0.3, -0.25) is 18.9 Å². The van der Waals surface area contributed by atoms with E-state index in [1.54, 1.807) is 6.07 Å². The third-order valence-electron chi connectivity index (χ3n) is 7.12. The zero-order chi connectivity index (χ0) is 32.2. The van der Waals surface area contributed by atoms with Gasteiger partial charge in [0, 0.05) is 6.20 Å². The van der Waals surface area contributed by atoms with Gasteiger partial charge in [-0.05, 0) is 22.4 Å². The van der Waals surface area contributed by atoms with E-state index < -0.39 is 81.9 Å². The molecule has 2 fully saturated rings. The molecule has 2 aliphatic rings. The van der Waals surface area contributed by atoms with Crippen molar-refractivity contribution in [3.8, 4) is 0 Å². The minimum Gasteiger partial charge on any atom is -0.394 e. The fourth-order valence-electron chi connectivity index (χ4n) is 5.14. The van der Waals surface area contributed by atoms with E-state index in [0.717, 1.165) is 10.9 Å². The molecule has 0 amide bonds. The van der Waals surface area contributed by atoms with Gasteiger partial charge in [0.15, 0.2) is 42.1 Å². The topological polar surface area (TPSA) is 250 Å². The Balaban J connectivity index is 1.22. The normalized spacial score (nSPS) is 30.3. The summed E-state index contributed by atoms with van der Waals surface area (Å²) in [7, 11) is -2.62. The Morgan fingerprint density at radius 3 is 2.62 bits per heavy atom. The van der Waals surface area contributed by atoms with Crippen LogP contribution in [0.5, 0.6) is 0 Å². The van der Waals surface area contributed by atoms with Gasteiger partial charge in [-0.1, -0.05) is 0 Å². The summed E-state index contributed by atoms with van der Waals surface area (Å²) in [5, 5.41) is 10.1. The molecule has 242 valence electrons. The summed E-state index contributed by atoms with van der Waals surface area (Å²) in [5.74, 6) is -0.115. The molecule has 4 aromatic heterocycles. The van der Waals surface area contributed by atoms with E-state index >= 15 is 8.78 Å². The maximum absolute atomic E-state index is 15.7. The highest BCUT2D eigenvalue weighted by atomic mass is 32.7. The van der Waals surface area contributed by atoms with E-state index in [-0.39, 0.29) is 28.6 Å². The number of alkyl halides is 2. The molecule has 0 aliphatic carbocycles. The number of aromatic nitrogens is 7. The summed E-state index contributed by atoms with van der Waals surface area (Å²) >= 11 is 8.84. The molecule has 2 saturated heterocycles. The van der Waals surface area contributed by atoms with Crippen molar-refractivity contribution in [1.82, 2.24) is 34.1 Å². The first-order valence-electron chi connectivity index (χ1n) is 12.9. The van der Waals surface area contributed by atoms with Crippen LogP contribution in [0, 0.1) is 0 Å². The van der Waals surface area contributed by atoms with Crippen molar-refractivity contribution in [2.24, 2.45) is 0 Å². The minimum atomic E-state index is -4.40. The Morgan fingerprint density at radius 1 is 1.13 bits per heavy atom. The Labute approximate surface area is 261 Å². The molecule has 7 N–H and O–H groups in total. The van der Waals surface area contributed by atoms with Crippen molar-refractivity contribution >= 4 is 72.0 Å². The molecule has 0 aromatic carbocycles. The molecule has 24 heteroatoms. The number of halogens is 2. The van der Waals surface area contributed by atoms with Gasteiger partial charge in [-0.25, -0.2) is 23.7 Å². The maximum Gasteiger partial charge on any atom is 0.582 e. The lowest BCUT2D eigenvalue weighted by molar-refractivity contribution is -0.0538. The number of aliphatic hydroxyl groups is 1. The predicted molar refractivity (Wildman–Crippen MR) is 158 cm³/mol.